The summed E-state index contributed by atoms with van der Waals surface area (Å²) in [6.07, 6.45) is 0.946. The average molecular weight is 737 g/mol. The smallest absolute Gasteiger partial charge is 0.305 e. The Morgan fingerprint density at radius 2 is 1.29 bits per heavy atom. The predicted octanol–water partition coefficient (Wildman–Crippen LogP) is 11.2. The van der Waals surface area contributed by atoms with E-state index in [1.54, 1.807) is 24.3 Å². The van der Waals surface area contributed by atoms with Crippen molar-refractivity contribution < 1.29 is 5.11 Å². The van der Waals surface area contributed by atoms with Crippen LogP contribution in [0.15, 0.2) is 86.5 Å². The van der Waals surface area contributed by atoms with Crippen molar-refractivity contribution in [3.05, 3.63) is 113 Å². The number of phenols is 1. The van der Waals surface area contributed by atoms with Crippen molar-refractivity contribution in [1.29, 1.82) is 0 Å². The van der Waals surface area contributed by atoms with Gasteiger partial charge in [-0.1, -0.05) is 131 Å². The SMILES string of the molecule is CC(C)(C)CC(C)(C)c1cc(N=Nc2cc3sc(=O)[nH]c3cc2Cl)c(O)c(C(C)(C)c2ccccc2)c1.Nc1cc2sc(=O)[nH]c2cc1Cl. The van der Waals surface area contributed by atoms with E-state index in [1.807, 2.05) is 24.3 Å². The molecule has 0 aliphatic heterocycles. The lowest BCUT2D eigenvalue weighted by Gasteiger charge is -2.35. The van der Waals surface area contributed by atoms with E-state index in [0.717, 1.165) is 60.7 Å². The summed E-state index contributed by atoms with van der Waals surface area (Å²) in [4.78, 5) is 27.8. The van der Waals surface area contributed by atoms with Crippen molar-refractivity contribution in [2.24, 2.45) is 15.6 Å². The number of aromatic nitrogens is 2. The fourth-order valence-electron chi connectivity index (χ4n) is 6.13. The number of halogens is 2. The molecule has 256 valence electrons. The highest BCUT2D eigenvalue weighted by atomic mass is 35.5. The number of aromatic hydroxyl groups is 1. The minimum absolute atomic E-state index is 0.0910. The van der Waals surface area contributed by atoms with Crippen LogP contribution in [0.2, 0.25) is 10.0 Å². The minimum Gasteiger partial charge on any atom is -0.505 e. The molecule has 0 bridgehead atoms. The summed E-state index contributed by atoms with van der Waals surface area (Å²) in [5.41, 5.74) is 10.7. The van der Waals surface area contributed by atoms with Gasteiger partial charge in [0.05, 0.1) is 36.2 Å². The van der Waals surface area contributed by atoms with Crippen LogP contribution in [0.1, 0.15) is 71.6 Å². The van der Waals surface area contributed by atoms with Gasteiger partial charge < -0.3 is 20.8 Å². The normalized spacial score (nSPS) is 12.5. The van der Waals surface area contributed by atoms with Gasteiger partial charge in [-0.05, 0) is 58.7 Å². The zero-order valence-corrected chi connectivity index (χ0v) is 31.5. The van der Waals surface area contributed by atoms with E-state index in [4.69, 9.17) is 28.9 Å². The van der Waals surface area contributed by atoms with Gasteiger partial charge in [0.25, 0.3) is 0 Å². The zero-order valence-electron chi connectivity index (χ0n) is 28.4. The number of nitrogens with zero attached hydrogens (tertiary/aromatic N) is 2. The summed E-state index contributed by atoms with van der Waals surface area (Å²) >= 11 is 14.4. The van der Waals surface area contributed by atoms with Crippen LogP contribution >= 0.6 is 45.9 Å². The number of nitrogens with two attached hydrogens (primary N) is 1. The molecule has 49 heavy (non-hydrogen) atoms. The summed E-state index contributed by atoms with van der Waals surface area (Å²) in [5, 5.41) is 21.3. The summed E-state index contributed by atoms with van der Waals surface area (Å²) < 4.78 is 1.58. The Labute approximate surface area is 302 Å². The second-order valence-electron chi connectivity index (χ2n) is 14.4. The van der Waals surface area contributed by atoms with Crippen LogP contribution < -0.4 is 15.5 Å². The van der Waals surface area contributed by atoms with Crippen LogP contribution in [0.4, 0.5) is 17.1 Å². The lowest BCUT2D eigenvalue weighted by atomic mass is 9.70. The molecule has 12 heteroatoms. The number of rotatable bonds is 6. The number of aromatic amines is 2. The van der Waals surface area contributed by atoms with Crippen molar-refractivity contribution >= 4 is 83.4 Å². The minimum atomic E-state index is -0.475. The van der Waals surface area contributed by atoms with Gasteiger partial charge in [0.15, 0.2) is 0 Å². The third kappa shape index (κ3) is 8.27. The van der Waals surface area contributed by atoms with E-state index in [0.29, 0.717) is 32.6 Å². The molecule has 5 N–H and O–H groups in total. The van der Waals surface area contributed by atoms with E-state index in [2.05, 4.69) is 86.9 Å². The molecule has 0 radical (unpaired) electrons. The van der Waals surface area contributed by atoms with Gasteiger partial charge in [0, 0.05) is 11.0 Å². The first kappa shape index (κ1) is 36.3. The van der Waals surface area contributed by atoms with Crippen LogP contribution in [0, 0.1) is 5.41 Å². The first-order valence-electron chi connectivity index (χ1n) is 15.6. The second kappa shape index (κ2) is 13.7. The molecule has 2 heterocycles. The first-order chi connectivity index (χ1) is 22.8. The number of nitrogen functional groups attached to an aromatic ring is 1. The number of H-pyrrole nitrogens is 2. The zero-order chi connectivity index (χ0) is 35.9. The van der Waals surface area contributed by atoms with Gasteiger partial charge >= 0.3 is 9.75 Å². The molecule has 8 nitrogen and oxygen atoms in total. The fraction of sp³-hybridized carbons (Fsp3) is 0.297. The molecule has 4 aromatic carbocycles. The molecule has 0 aliphatic carbocycles. The molecular formula is C37H39Cl2N5O3S2. The van der Waals surface area contributed by atoms with Gasteiger partial charge in [0.1, 0.15) is 17.1 Å². The molecule has 0 saturated heterocycles. The standard InChI is InChI=1S/C30H34ClN3O2S.C7H5ClN2OS/c1-28(2,3)17-29(4,5)19-13-20(30(6,7)18-11-9-8-10-12-18)26(35)24(14-19)34-33-22-16-25-23(15-21(22)31)32-27(36)37-25;8-3-1-5-6(2-4(3)9)12-7(11)10-5/h8-16,35H,17H2,1-7H3,(H,32,36);1-2H,9H2,(H,10,11). The van der Waals surface area contributed by atoms with Gasteiger partial charge in [-0.15, -0.1) is 10.2 Å². The van der Waals surface area contributed by atoms with Crippen molar-refractivity contribution in [1.82, 2.24) is 9.97 Å². The van der Waals surface area contributed by atoms with Crippen LogP contribution in [0.3, 0.4) is 0 Å². The Morgan fingerprint density at radius 1 is 0.735 bits per heavy atom. The molecule has 0 fully saturated rings. The third-order valence-electron chi connectivity index (χ3n) is 8.30. The predicted molar refractivity (Wildman–Crippen MR) is 207 cm³/mol. The van der Waals surface area contributed by atoms with E-state index in [1.165, 1.54) is 0 Å². The lowest BCUT2D eigenvalue weighted by Crippen LogP contribution is -2.26. The maximum atomic E-state index is 11.7. The van der Waals surface area contributed by atoms with E-state index < -0.39 is 5.41 Å². The number of hydrogen-bond acceptors (Lipinski definition) is 8. The largest absolute Gasteiger partial charge is 0.505 e. The second-order valence-corrected chi connectivity index (χ2v) is 17.2. The Bertz CT molecular complexity index is 2250. The molecule has 0 spiro atoms. The van der Waals surface area contributed by atoms with Gasteiger partial charge in [-0.2, -0.15) is 0 Å². The van der Waals surface area contributed by atoms with E-state index >= 15 is 0 Å². The summed E-state index contributed by atoms with van der Waals surface area (Å²) in [5.74, 6) is 0.0939. The highest BCUT2D eigenvalue weighted by molar-refractivity contribution is 7.16. The number of thiazole rings is 2. The summed E-state index contributed by atoms with van der Waals surface area (Å²) in [7, 11) is 0. The molecule has 0 amide bonds. The Hall–Kier alpha value is -3.96. The number of nitrogens with one attached hydrogen (secondary N) is 2. The number of hydrogen-bond donors (Lipinski definition) is 4. The third-order valence-corrected chi connectivity index (χ3v) is 10.6. The maximum Gasteiger partial charge on any atom is 0.305 e. The molecule has 6 rings (SSSR count). The van der Waals surface area contributed by atoms with E-state index in [-0.39, 0.29) is 26.3 Å². The number of anilines is 1. The van der Waals surface area contributed by atoms with Crippen LogP contribution in [0.5, 0.6) is 5.75 Å². The van der Waals surface area contributed by atoms with Gasteiger partial charge in [-0.25, -0.2) is 0 Å². The van der Waals surface area contributed by atoms with Crippen molar-refractivity contribution in [3.63, 3.8) is 0 Å². The van der Waals surface area contributed by atoms with Crippen molar-refractivity contribution in [2.45, 2.75) is 65.7 Å². The Kier molecular flexibility index (Phi) is 10.2. The monoisotopic (exact) mass is 735 g/mol. The molecule has 2 aromatic heterocycles. The first-order valence-corrected chi connectivity index (χ1v) is 18.0. The molecule has 0 aliphatic rings. The highest BCUT2D eigenvalue weighted by Crippen LogP contribution is 2.47. The number of azo groups is 1. The Balaban J connectivity index is 0.000000325. The highest BCUT2D eigenvalue weighted by Gasteiger charge is 2.33. The summed E-state index contributed by atoms with van der Waals surface area (Å²) in [6, 6.07) is 21.0. The number of phenolic OH excluding ortho intramolecular Hbond substituents is 1. The van der Waals surface area contributed by atoms with Crippen LogP contribution in [-0.4, -0.2) is 15.1 Å². The molecule has 6 aromatic rings. The Morgan fingerprint density at radius 3 is 1.88 bits per heavy atom. The van der Waals surface area contributed by atoms with Crippen molar-refractivity contribution in [2.75, 3.05) is 5.73 Å². The van der Waals surface area contributed by atoms with Gasteiger partial charge in [0.2, 0.25) is 0 Å². The quantitative estimate of drug-likeness (QED) is 0.0999. The molecule has 0 unspecified atom stereocenters. The van der Waals surface area contributed by atoms with Gasteiger partial charge in [-0.3, -0.25) is 9.59 Å². The van der Waals surface area contributed by atoms with E-state index in [9.17, 15) is 14.7 Å². The maximum absolute atomic E-state index is 11.7. The van der Waals surface area contributed by atoms with Crippen LogP contribution in [0.25, 0.3) is 20.4 Å². The fourth-order valence-corrected chi connectivity index (χ4v) is 8.01. The number of fused-ring (bicyclic) bond motifs is 2. The lowest BCUT2D eigenvalue weighted by molar-refractivity contribution is 0.283. The van der Waals surface area contributed by atoms with Crippen LogP contribution in [-0.2, 0) is 10.8 Å². The molecular weight excluding hydrogens is 697 g/mol. The molecule has 0 saturated carbocycles. The molecule has 0 atom stereocenters. The average Bonchev–Trinajstić information content (AvgIpc) is 3.55. The van der Waals surface area contributed by atoms with Crippen molar-refractivity contribution in [3.8, 4) is 5.75 Å². The number of benzene rings is 4. The topological polar surface area (TPSA) is 137 Å². The summed E-state index contributed by atoms with van der Waals surface area (Å²) in [6.45, 7) is 15.4.